The predicted octanol–water partition coefficient (Wildman–Crippen LogP) is 7.45. The number of pyridine rings is 2. The van der Waals surface area contributed by atoms with Crippen LogP contribution in [0, 0.1) is 19.7 Å². The molecule has 0 spiro atoms. The van der Waals surface area contributed by atoms with Crippen molar-refractivity contribution in [2.75, 3.05) is 0 Å². The van der Waals surface area contributed by atoms with Crippen LogP contribution in [0.5, 0.6) is 0 Å². The summed E-state index contributed by atoms with van der Waals surface area (Å²) in [6.45, 7) is 4.19. The molecule has 5 rings (SSSR count). The predicted molar refractivity (Wildman–Crippen MR) is 132 cm³/mol. The second-order valence-electron chi connectivity index (χ2n) is 8.93. The van der Waals surface area contributed by atoms with Crippen LogP contribution in [0.1, 0.15) is 46.0 Å². The van der Waals surface area contributed by atoms with Crippen LogP contribution >= 0.6 is 0 Å². The Bertz CT molecular complexity index is 1520. The molecule has 0 unspecified atom stereocenters. The molecule has 32 heavy (non-hydrogen) atoms. The molecule has 0 saturated carbocycles. The van der Waals surface area contributed by atoms with Gasteiger partial charge in [0.05, 0.1) is 5.69 Å². The molecule has 0 aliphatic carbocycles. The third kappa shape index (κ3) is 4.03. The van der Waals surface area contributed by atoms with Crippen LogP contribution in [0.15, 0.2) is 71.1 Å². The quantitative estimate of drug-likeness (QED) is 0.295. The fourth-order valence-corrected chi connectivity index (χ4v) is 4.36. The van der Waals surface area contributed by atoms with Gasteiger partial charge >= 0.3 is 0 Å². The van der Waals surface area contributed by atoms with E-state index in [0.717, 1.165) is 40.6 Å². The minimum absolute atomic E-state index is 0.0287. The Morgan fingerprint density at radius 1 is 0.844 bits per heavy atom. The van der Waals surface area contributed by atoms with Gasteiger partial charge in [-0.15, -0.1) is 0 Å². The molecule has 160 valence electrons. The number of benzene rings is 2. The van der Waals surface area contributed by atoms with Crippen LogP contribution in [-0.4, -0.2) is 9.97 Å². The van der Waals surface area contributed by atoms with Crippen LogP contribution in [0.25, 0.3) is 33.3 Å². The molecule has 2 aromatic carbocycles. The average Bonchev–Trinajstić information content (AvgIpc) is 3.17. The molecule has 0 saturated heterocycles. The number of hydrogen-bond acceptors (Lipinski definition) is 3. The smallest absolute Gasteiger partial charge is 0.227 e. The van der Waals surface area contributed by atoms with Crippen molar-refractivity contribution in [2.45, 2.75) is 40.5 Å². The van der Waals surface area contributed by atoms with E-state index in [0.29, 0.717) is 17.2 Å². The zero-order valence-electron chi connectivity index (χ0n) is 21.6. The van der Waals surface area contributed by atoms with Crippen molar-refractivity contribution in [3.05, 3.63) is 94.8 Å². The Morgan fingerprint density at radius 2 is 1.66 bits per heavy atom. The highest BCUT2D eigenvalue weighted by Gasteiger charge is 2.15. The minimum Gasteiger partial charge on any atom is -0.437 e. The highest BCUT2D eigenvalue weighted by molar-refractivity contribution is 6.08. The van der Waals surface area contributed by atoms with Gasteiger partial charge in [0.25, 0.3) is 0 Å². The maximum atomic E-state index is 7.66. The Balaban J connectivity index is 1.53. The lowest BCUT2D eigenvalue weighted by Gasteiger charge is -2.09. The van der Waals surface area contributed by atoms with Crippen molar-refractivity contribution < 1.29 is 8.53 Å². The normalized spacial score (nSPS) is 13.4. The van der Waals surface area contributed by atoms with E-state index < -0.39 is 6.85 Å². The maximum Gasteiger partial charge on any atom is 0.227 e. The van der Waals surface area contributed by atoms with E-state index in [9.17, 15) is 0 Å². The van der Waals surface area contributed by atoms with E-state index in [2.05, 4.69) is 55.2 Å². The molecule has 0 fully saturated rings. The third-order valence-corrected chi connectivity index (χ3v) is 5.73. The fraction of sp³-hybridized carbons (Fsp3) is 0.241. The first-order chi connectivity index (χ1) is 16.7. The monoisotopic (exact) mass is 423 g/mol. The average molecular weight is 424 g/mol. The molecule has 0 bridgehead atoms. The van der Waals surface area contributed by atoms with Crippen molar-refractivity contribution >= 4 is 22.1 Å². The standard InChI is InChI=1S/C29H28N2O/c1-18(2)14-21-9-11-22(12-10-21)16-23-15-20(4)30-27(17-23)26-7-5-6-24-25-13-8-19(3)31-29(25)32-28(24)26/h5-13,15,17-18H,14,16H2,1-4H3/i3D3. The number of hydrogen-bond donors (Lipinski definition) is 0. The minimum atomic E-state index is -2.28. The van der Waals surface area contributed by atoms with Crippen LogP contribution < -0.4 is 0 Å². The number of furan rings is 1. The van der Waals surface area contributed by atoms with E-state index in [1.165, 1.54) is 16.7 Å². The molecule has 3 aromatic heterocycles. The maximum absolute atomic E-state index is 7.66. The van der Waals surface area contributed by atoms with Gasteiger partial charge in [0, 0.05) is 31.8 Å². The summed E-state index contributed by atoms with van der Waals surface area (Å²) in [4.78, 5) is 9.08. The lowest BCUT2D eigenvalue weighted by molar-refractivity contribution is 0.647. The van der Waals surface area contributed by atoms with Gasteiger partial charge in [-0.3, -0.25) is 4.98 Å². The summed E-state index contributed by atoms with van der Waals surface area (Å²) < 4.78 is 29.1. The summed E-state index contributed by atoms with van der Waals surface area (Å²) in [5.74, 6) is 0.641. The molecule has 3 nitrogen and oxygen atoms in total. The van der Waals surface area contributed by atoms with Crippen molar-refractivity contribution in [3.8, 4) is 11.3 Å². The Kier molecular flexibility index (Phi) is 4.41. The molecule has 0 atom stereocenters. The molecule has 0 amide bonds. The van der Waals surface area contributed by atoms with E-state index in [-0.39, 0.29) is 5.69 Å². The number of para-hydroxylation sites is 1. The summed E-state index contributed by atoms with van der Waals surface area (Å²) in [6, 6.07) is 22.3. The second-order valence-corrected chi connectivity index (χ2v) is 8.93. The number of aryl methyl sites for hydroxylation is 2. The van der Waals surface area contributed by atoms with Gasteiger partial charge < -0.3 is 4.42 Å². The third-order valence-electron chi connectivity index (χ3n) is 5.73. The van der Waals surface area contributed by atoms with Gasteiger partial charge in [0.2, 0.25) is 5.71 Å². The molecule has 5 aromatic rings. The van der Waals surface area contributed by atoms with E-state index >= 15 is 0 Å². The Morgan fingerprint density at radius 3 is 2.44 bits per heavy atom. The zero-order valence-corrected chi connectivity index (χ0v) is 18.6. The van der Waals surface area contributed by atoms with Crippen molar-refractivity contribution in [1.29, 1.82) is 0 Å². The summed E-state index contributed by atoms with van der Waals surface area (Å²) >= 11 is 0. The summed E-state index contributed by atoms with van der Waals surface area (Å²) in [6.07, 6.45) is 1.90. The highest BCUT2D eigenvalue weighted by Crippen LogP contribution is 2.35. The number of nitrogens with zero attached hydrogens (tertiary/aromatic N) is 2. The van der Waals surface area contributed by atoms with E-state index in [4.69, 9.17) is 13.5 Å². The van der Waals surface area contributed by atoms with Crippen LogP contribution in [0.2, 0.25) is 0 Å². The van der Waals surface area contributed by atoms with Crippen LogP contribution in [0.3, 0.4) is 0 Å². The number of rotatable bonds is 5. The highest BCUT2D eigenvalue weighted by atomic mass is 16.3. The number of aromatic nitrogens is 2. The van der Waals surface area contributed by atoms with Gasteiger partial charge in [0.15, 0.2) is 0 Å². The first-order valence-corrected chi connectivity index (χ1v) is 11.1. The van der Waals surface area contributed by atoms with Gasteiger partial charge in [-0.1, -0.05) is 50.2 Å². The molecular weight excluding hydrogens is 392 g/mol. The largest absolute Gasteiger partial charge is 0.437 e. The topological polar surface area (TPSA) is 38.9 Å². The zero-order chi connectivity index (χ0) is 24.7. The molecule has 3 heterocycles. The van der Waals surface area contributed by atoms with Gasteiger partial charge in [-0.05, 0) is 79.6 Å². The van der Waals surface area contributed by atoms with E-state index in [1.807, 2.05) is 25.1 Å². The van der Waals surface area contributed by atoms with Crippen LogP contribution in [0.4, 0.5) is 0 Å². The molecule has 3 heteroatoms. The molecular formula is C29H28N2O. The lowest BCUT2D eigenvalue weighted by Crippen LogP contribution is -1.96. The summed E-state index contributed by atoms with van der Waals surface area (Å²) in [7, 11) is 0. The first kappa shape index (κ1) is 17.1. The van der Waals surface area contributed by atoms with Crippen LogP contribution in [-0.2, 0) is 12.8 Å². The Labute approximate surface area is 193 Å². The SMILES string of the molecule is [2H]C([2H])([2H])c1ccc2c(n1)oc1c(-c3cc(Cc4ccc(CC(C)C)cc4)cc(C)n3)cccc12. The Hall–Kier alpha value is -3.46. The number of fused-ring (bicyclic) bond motifs is 3. The molecule has 0 aliphatic rings. The van der Waals surface area contributed by atoms with Crippen molar-refractivity contribution in [3.63, 3.8) is 0 Å². The van der Waals surface area contributed by atoms with Gasteiger partial charge in [-0.25, -0.2) is 4.98 Å². The molecule has 0 N–H and O–H groups in total. The van der Waals surface area contributed by atoms with Gasteiger partial charge in [0.1, 0.15) is 5.58 Å². The van der Waals surface area contributed by atoms with Crippen molar-refractivity contribution in [1.82, 2.24) is 9.97 Å². The molecule has 0 aliphatic heterocycles. The van der Waals surface area contributed by atoms with E-state index in [1.54, 1.807) is 12.1 Å². The molecule has 0 radical (unpaired) electrons. The summed E-state index contributed by atoms with van der Waals surface area (Å²) in [5.41, 5.74) is 7.46. The lowest BCUT2D eigenvalue weighted by atomic mass is 9.98. The summed E-state index contributed by atoms with van der Waals surface area (Å²) in [5, 5.41) is 1.69. The van der Waals surface area contributed by atoms with Crippen molar-refractivity contribution in [2.24, 2.45) is 5.92 Å². The van der Waals surface area contributed by atoms with Gasteiger partial charge in [-0.2, -0.15) is 0 Å². The second kappa shape index (κ2) is 8.23. The fourth-order valence-electron chi connectivity index (χ4n) is 4.36. The first-order valence-electron chi connectivity index (χ1n) is 12.6.